The summed E-state index contributed by atoms with van der Waals surface area (Å²) in [5.41, 5.74) is 7.16. The molecule has 2 aliphatic rings. The summed E-state index contributed by atoms with van der Waals surface area (Å²) in [6.45, 7) is 6.22. The van der Waals surface area contributed by atoms with Gasteiger partial charge in [-0.1, -0.05) is 12.5 Å². The molecule has 2 atom stereocenters. The van der Waals surface area contributed by atoms with Gasteiger partial charge in [0.25, 0.3) is 5.91 Å². The number of carbonyl (C=O) groups is 1. The van der Waals surface area contributed by atoms with Crippen LogP contribution in [-0.2, 0) is 10.0 Å². The predicted octanol–water partition coefficient (Wildman–Crippen LogP) is 2.79. The second kappa shape index (κ2) is 9.57. The number of piperidine rings is 2. The SMILES string of the molecule is Cc1ccc(C(=O)N2CCCC(C(C)N)C2)cc1S(=O)(=O)N1CCCCC1.Cl. The normalized spacial score (nSPS) is 22.4. The van der Waals surface area contributed by atoms with Gasteiger partial charge in [0.05, 0.1) is 4.90 Å². The van der Waals surface area contributed by atoms with Gasteiger partial charge in [0.15, 0.2) is 0 Å². The fourth-order valence-corrected chi connectivity index (χ4v) is 5.83. The quantitative estimate of drug-likeness (QED) is 0.797. The van der Waals surface area contributed by atoms with E-state index in [1.54, 1.807) is 29.4 Å². The number of halogens is 1. The Morgan fingerprint density at radius 3 is 2.46 bits per heavy atom. The van der Waals surface area contributed by atoms with Crippen molar-refractivity contribution in [3.8, 4) is 0 Å². The number of hydrogen-bond acceptors (Lipinski definition) is 4. The highest BCUT2D eigenvalue weighted by atomic mass is 35.5. The number of rotatable bonds is 4. The summed E-state index contributed by atoms with van der Waals surface area (Å²) in [7, 11) is -3.56. The third-order valence-corrected chi connectivity index (χ3v) is 7.90. The molecule has 0 spiro atoms. The molecular formula is C20H32ClN3O3S. The lowest BCUT2D eigenvalue weighted by atomic mass is 9.92. The van der Waals surface area contributed by atoms with Crippen molar-refractivity contribution in [1.82, 2.24) is 9.21 Å². The summed E-state index contributed by atoms with van der Waals surface area (Å²) in [6, 6.07) is 5.10. The van der Waals surface area contributed by atoms with E-state index in [9.17, 15) is 13.2 Å². The maximum atomic E-state index is 13.1. The van der Waals surface area contributed by atoms with Crippen molar-refractivity contribution < 1.29 is 13.2 Å². The van der Waals surface area contributed by atoms with Crippen LogP contribution >= 0.6 is 12.4 Å². The Hall–Kier alpha value is -1.15. The Labute approximate surface area is 174 Å². The summed E-state index contributed by atoms with van der Waals surface area (Å²) in [5.74, 6) is 0.195. The Balaban J connectivity index is 0.00000280. The number of likely N-dealkylation sites (tertiary alicyclic amines) is 1. The van der Waals surface area contributed by atoms with Crippen molar-refractivity contribution in [2.75, 3.05) is 26.2 Å². The Kier molecular flexibility index (Phi) is 7.90. The molecule has 0 saturated carbocycles. The smallest absolute Gasteiger partial charge is 0.253 e. The van der Waals surface area contributed by atoms with Crippen LogP contribution in [0.4, 0.5) is 0 Å². The van der Waals surface area contributed by atoms with Crippen LogP contribution in [0.5, 0.6) is 0 Å². The van der Waals surface area contributed by atoms with Gasteiger partial charge in [-0.25, -0.2) is 8.42 Å². The number of aryl methyl sites for hydroxylation is 1. The van der Waals surface area contributed by atoms with Gasteiger partial charge in [-0.3, -0.25) is 4.79 Å². The highest BCUT2D eigenvalue weighted by molar-refractivity contribution is 7.89. The number of sulfonamides is 1. The standard InChI is InChI=1S/C20H31N3O3S.ClH/c1-15-8-9-17(20(24)22-10-6-7-18(14-22)16(2)21)13-19(15)27(25,26)23-11-4-3-5-12-23;/h8-9,13,16,18H,3-7,10-12,14,21H2,1-2H3;1H. The molecule has 2 fully saturated rings. The van der Waals surface area contributed by atoms with Gasteiger partial charge in [-0.05, 0) is 63.1 Å². The molecule has 0 aromatic heterocycles. The molecule has 2 unspecified atom stereocenters. The monoisotopic (exact) mass is 429 g/mol. The van der Waals surface area contributed by atoms with Crippen LogP contribution in [-0.4, -0.2) is 55.8 Å². The second-order valence-corrected chi connectivity index (χ2v) is 9.86. The van der Waals surface area contributed by atoms with E-state index < -0.39 is 10.0 Å². The summed E-state index contributed by atoms with van der Waals surface area (Å²) < 4.78 is 27.7. The first-order valence-electron chi connectivity index (χ1n) is 9.96. The van der Waals surface area contributed by atoms with Gasteiger partial charge < -0.3 is 10.6 Å². The van der Waals surface area contributed by atoms with Crippen LogP contribution in [0.1, 0.15) is 54.9 Å². The molecule has 8 heteroatoms. The van der Waals surface area contributed by atoms with Crippen molar-refractivity contribution in [3.63, 3.8) is 0 Å². The minimum absolute atomic E-state index is 0. The zero-order chi connectivity index (χ0) is 19.6. The number of nitrogens with two attached hydrogens (primary N) is 1. The van der Waals surface area contributed by atoms with Crippen LogP contribution in [0, 0.1) is 12.8 Å². The molecule has 2 saturated heterocycles. The number of nitrogens with zero attached hydrogens (tertiary/aromatic N) is 2. The first-order chi connectivity index (χ1) is 12.8. The molecular weight excluding hydrogens is 398 g/mol. The zero-order valence-corrected chi connectivity index (χ0v) is 18.4. The molecule has 6 nitrogen and oxygen atoms in total. The van der Waals surface area contributed by atoms with Gasteiger partial charge in [0, 0.05) is 37.8 Å². The Morgan fingerprint density at radius 1 is 1.14 bits per heavy atom. The summed E-state index contributed by atoms with van der Waals surface area (Å²) in [6.07, 6.45) is 4.82. The van der Waals surface area contributed by atoms with Crippen LogP contribution < -0.4 is 5.73 Å². The largest absolute Gasteiger partial charge is 0.338 e. The maximum absolute atomic E-state index is 13.1. The average molecular weight is 430 g/mol. The first-order valence-corrected chi connectivity index (χ1v) is 11.4. The molecule has 2 N–H and O–H groups in total. The third-order valence-electron chi connectivity index (χ3n) is 5.86. The maximum Gasteiger partial charge on any atom is 0.253 e. The van der Waals surface area contributed by atoms with E-state index in [1.165, 1.54) is 0 Å². The van der Waals surface area contributed by atoms with Crippen LogP contribution in [0.2, 0.25) is 0 Å². The fraction of sp³-hybridized carbons (Fsp3) is 0.650. The zero-order valence-electron chi connectivity index (χ0n) is 16.8. The van der Waals surface area contributed by atoms with E-state index in [4.69, 9.17) is 5.73 Å². The summed E-state index contributed by atoms with van der Waals surface area (Å²) in [4.78, 5) is 15.1. The van der Waals surface area contributed by atoms with E-state index in [0.29, 0.717) is 43.2 Å². The number of amides is 1. The minimum Gasteiger partial charge on any atom is -0.338 e. The summed E-state index contributed by atoms with van der Waals surface area (Å²) in [5, 5.41) is 0. The third kappa shape index (κ3) is 4.87. The van der Waals surface area contributed by atoms with Crippen molar-refractivity contribution in [1.29, 1.82) is 0 Å². The van der Waals surface area contributed by atoms with Crippen molar-refractivity contribution in [2.45, 2.75) is 56.9 Å². The number of carbonyl (C=O) groups excluding carboxylic acids is 1. The lowest BCUT2D eigenvalue weighted by molar-refractivity contribution is 0.0660. The summed E-state index contributed by atoms with van der Waals surface area (Å²) >= 11 is 0. The minimum atomic E-state index is -3.56. The number of hydrogen-bond donors (Lipinski definition) is 1. The number of benzene rings is 1. The van der Waals surface area contributed by atoms with E-state index >= 15 is 0 Å². The van der Waals surface area contributed by atoms with E-state index in [-0.39, 0.29) is 29.3 Å². The van der Waals surface area contributed by atoms with Crippen molar-refractivity contribution in [3.05, 3.63) is 29.3 Å². The molecule has 3 rings (SSSR count). The first kappa shape index (κ1) is 23.1. The lowest BCUT2D eigenvalue weighted by Gasteiger charge is -2.34. The van der Waals surface area contributed by atoms with E-state index in [1.807, 2.05) is 11.8 Å². The van der Waals surface area contributed by atoms with Gasteiger partial charge in [0.1, 0.15) is 0 Å². The molecule has 2 heterocycles. The molecule has 28 heavy (non-hydrogen) atoms. The molecule has 0 aliphatic carbocycles. The highest BCUT2D eigenvalue weighted by Crippen LogP contribution is 2.26. The molecule has 1 aromatic carbocycles. The van der Waals surface area contributed by atoms with Gasteiger partial charge in [0.2, 0.25) is 10.0 Å². The van der Waals surface area contributed by atoms with Gasteiger partial charge >= 0.3 is 0 Å². The van der Waals surface area contributed by atoms with Gasteiger partial charge in [-0.15, -0.1) is 12.4 Å². The van der Waals surface area contributed by atoms with E-state index in [2.05, 4.69) is 0 Å². The highest BCUT2D eigenvalue weighted by Gasteiger charge is 2.30. The Bertz CT molecular complexity index is 792. The topological polar surface area (TPSA) is 83.7 Å². The van der Waals surface area contributed by atoms with Crippen molar-refractivity contribution >= 4 is 28.3 Å². The fourth-order valence-electron chi connectivity index (χ4n) is 4.06. The lowest BCUT2D eigenvalue weighted by Crippen LogP contribution is -2.45. The molecule has 0 bridgehead atoms. The van der Waals surface area contributed by atoms with Crippen molar-refractivity contribution in [2.24, 2.45) is 11.7 Å². The van der Waals surface area contributed by atoms with Gasteiger partial charge in [-0.2, -0.15) is 4.31 Å². The average Bonchev–Trinajstić information content (AvgIpc) is 2.68. The molecule has 1 amide bonds. The van der Waals surface area contributed by atoms with E-state index in [0.717, 1.165) is 32.1 Å². The molecule has 2 aliphatic heterocycles. The molecule has 158 valence electrons. The molecule has 1 aromatic rings. The molecule has 0 radical (unpaired) electrons. The van der Waals surface area contributed by atoms with Crippen LogP contribution in [0.3, 0.4) is 0 Å². The van der Waals surface area contributed by atoms with Crippen LogP contribution in [0.25, 0.3) is 0 Å². The Morgan fingerprint density at radius 2 is 1.82 bits per heavy atom. The van der Waals surface area contributed by atoms with Crippen LogP contribution in [0.15, 0.2) is 23.1 Å². The predicted molar refractivity (Wildman–Crippen MR) is 113 cm³/mol. The second-order valence-electron chi connectivity index (χ2n) is 7.96.